The van der Waals surface area contributed by atoms with Gasteiger partial charge in [-0.25, -0.2) is 9.41 Å². The van der Waals surface area contributed by atoms with E-state index < -0.39 is 0 Å². The standard InChI is InChI=1S/C35H29N4O/c1-21-19-25(35(2,3)4)31-24-15-16-26(36-5)32(33(24)40-34(31)30(21)29-17-18-37-20-38(29)6)39-27-13-9-7-11-22(27)23-12-8-10-14-28(23)39/h7-20H,1-4,6H3/q+1. The van der Waals surface area contributed by atoms with Crippen molar-refractivity contribution in [2.45, 2.75) is 33.1 Å². The summed E-state index contributed by atoms with van der Waals surface area (Å²) < 4.78 is 11.2. The summed E-state index contributed by atoms with van der Waals surface area (Å²) in [5, 5.41) is 4.41. The van der Waals surface area contributed by atoms with Crippen LogP contribution in [0.5, 0.6) is 0 Å². The second-order valence-electron chi connectivity index (χ2n) is 11.5. The number of benzene rings is 4. The molecule has 0 aliphatic carbocycles. The van der Waals surface area contributed by atoms with Crippen molar-refractivity contribution in [3.63, 3.8) is 0 Å². The number of nitrogens with zero attached hydrogens (tertiary/aromatic N) is 4. The Labute approximate surface area is 232 Å². The first-order valence-electron chi connectivity index (χ1n) is 13.5. The van der Waals surface area contributed by atoms with Crippen molar-refractivity contribution in [1.29, 1.82) is 0 Å². The molecule has 0 saturated carbocycles. The Hall–Kier alpha value is -4.95. The predicted molar refractivity (Wildman–Crippen MR) is 162 cm³/mol. The Morgan fingerprint density at radius 3 is 2.17 bits per heavy atom. The molecule has 5 nitrogen and oxygen atoms in total. The van der Waals surface area contributed by atoms with Crippen LogP contribution in [0.2, 0.25) is 0 Å². The molecule has 0 fully saturated rings. The lowest BCUT2D eigenvalue weighted by atomic mass is 9.81. The van der Waals surface area contributed by atoms with Crippen LogP contribution in [0.1, 0.15) is 31.9 Å². The van der Waals surface area contributed by atoms with Crippen molar-refractivity contribution in [3.05, 3.63) is 108 Å². The summed E-state index contributed by atoms with van der Waals surface area (Å²) in [4.78, 5) is 8.30. The molecule has 0 N–H and O–H groups in total. The molecule has 0 amide bonds. The van der Waals surface area contributed by atoms with Gasteiger partial charge >= 0.3 is 0 Å². The summed E-state index contributed by atoms with van der Waals surface area (Å²) in [5.74, 6) is 0. The van der Waals surface area contributed by atoms with E-state index in [1.807, 2.05) is 36.3 Å². The Balaban J connectivity index is 1.73. The summed E-state index contributed by atoms with van der Waals surface area (Å²) in [6, 6.07) is 25.1. The third-order valence-electron chi connectivity index (χ3n) is 7.99. The highest BCUT2D eigenvalue weighted by molar-refractivity contribution is 6.17. The van der Waals surface area contributed by atoms with Crippen LogP contribution >= 0.6 is 0 Å². The zero-order chi connectivity index (χ0) is 27.8. The molecule has 3 heterocycles. The minimum atomic E-state index is -0.121. The second kappa shape index (κ2) is 8.53. The number of para-hydroxylation sites is 2. The summed E-state index contributed by atoms with van der Waals surface area (Å²) >= 11 is 0. The third-order valence-corrected chi connectivity index (χ3v) is 7.99. The van der Waals surface area contributed by atoms with Gasteiger partial charge in [-0.3, -0.25) is 0 Å². The molecule has 0 aliphatic rings. The van der Waals surface area contributed by atoms with Crippen LogP contribution in [0.25, 0.3) is 65.5 Å². The van der Waals surface area contributed by atoms with Crippen molar-refractivity contribution < 1.29 is 8.98 Å². The molecule has 0 unspecified atom stereocenters. The van der Waals surface area contributed by atoms with Gasteiger partial charge in [-0.15, -0.1) is 0 Å². The summed E-state index contributed by atoms with van der Waals surface area (Å²) in [7, 11) is 2.01. The monoisotopic (exact) mass is 521 g/mol. The molecule has 0 radical (unpaired) electrons. The van der Waals surface area contributed by atoms with Crippen molar-refractivity contribution in [2.75, 3.05) is 0 Å². The largest absolute Gasteiger partial charge is 0.454 e. The lowest BCUT2D eigenvalue weighted by Gasteiger charge is -2.22. The van der Waals surface area contributed by atoms with E-state index in [0.717, 1.165) is 66.3 Å². The van der Waals surface area contributed by atoms with E-state index in [4.69, 9.17) is 11.0 Å². The highest BCUT2D eigenvalue weighted by atomic mass is 16.3. The SMILES string of the molecule is [C-]#[N+]c1ccc2c(oc3c(-c4ccnc[n+]4C)c(C)cc(C(C)(C)C)c32)c1-n1c2ccccc2c2ccccc21. The fraction of sp³-hybridized carbons (Fsp3) is 0.171. The lowest BCUT2D eigenvalue weighted by Crippen LogP contribution is -2.31. The molecule has 5 heteroatoms. The molecule has 194 valence electrons. The van der Waals surface area contributed by atoms with Gasteiger partial charge in [0.15, 0.2) is 0 Å². The molecule has 3 aromatic heterocycles. The molecule has 0 atom stereocenters. The molecule has 4 aromatic carbocycles. The molecule has 7 rings (SSSR count). The van der Waals surface area contributed by atoms with Gasteiger partial charge in [-0.2, -0.15) is 0 Å². The second-order valence-corrected chi connectivity index (χ2v) is 11.5. The van der Waals surface area contributed by atoms with Crippen LogP contribution in [0, 0.1) is 13.5 Å². The molecular formula is C35H29N4O+. The first-order valence-corrected chi connectivity index (χ1v) is 13.5. The number of fused-ring (bicyclic) bond motifs is 6. The number of aromatic nitrogens is 3. The average Bonchev–Trinajstić information content (AvgIpc) is 3.48. The number of furan rings is 1. The van der Waals surface area contributed by atoms with Crippen LogP contribution in [-0.4, -0.2) is 9.55 Å². The molecule has 40 heavy (non-hydrogen) atoms. The van der Waals surface area contributed by atoms with Crippen molar-refractivity contribution in [1.82, 2.24) is 9.55 Å². The third kappa shape index (κ3) is 3.32. The van der Waals surface area contributed by atoms with Crippen LogP contribution in [0.3, 0.4) is 0 Å². The highest BCUT2D eigenvalue weighted by Crippen LogP contribution is 2.47. The minimum absolute atomic E-state index is 0.121. The van der Waals surface area contributed by atoms with E-state index in [-0.39, 0.29) is 5.41 Å². The van der Waals surface area contributed by atoms with Gasteiger partial charge in [-0.05, 0) is 35.6 Å². The van der Waals surface area contributed by atoms with Gasteiger partial charge in [-0.1, -0.05) is 80.4 Å². The van der Waals surface area contributed by atoms with Crippen molar-refractivity contribution >= 4 is 49.4 Å². The number of hydrogen-bond acceptors (Lipinski definition) is 2. The van der Waals surface area contributed by atoms with Gasteiger partial charge in [0, 0.05) is 27.6 Å². The van der Waals surface area contributed by atoms with E-state index in [1.54, 1.807) is 0 Å². The lowest BCUT2D eigenvalue weighted by molar-refractivity contribution is -0.663. The van der Waals surface area contributed by atoms with Gasteiger partial charge in [0.2, 0.25) is 5.69 Å². The molecule has 7 aromatic rings. The van der Waals surface area contributed by atoms with Crippen molar-refractivity contribution in [3.8, 4) is 16.9 Å². The zero-order valence-corrected chi connectivity index (χ0v) is 23.3. The minimum Gasteiger partial charge on any atom is -0.454 e. The normalized spacial score (nSPS) is 12.1. The summed E-state index contributed by atoms with van der Waals surface area (Å²) in [6.45, 7) is 17.0. The number of rotatable bonds is 2. The van der Waals surface area contributed by atoms with Gasteiger partial charge in [0.05, 0.1) is 35.9 Å². The summed E-state index contributed by atoms with van der Waals surface area (Å²) in [6.07, 6.45) is 3.64. The van der Waals surface area contributed by atoms with Crippen LogP contribution in [-0.2, 0) is 12.5 Å². The predicted octanol–water partition coefficient (Wildman–Crippen LogP) is 8.73. The van der Waals surface area contributed by atoms with E-state index in [2.05, 4.69) is 103 Å². The van der Waals surface area contributed by atoms with Gasteiger partial charge < -0.3 is 8.98 Å². The van der Waals surface area contributed by atoms with Crippen LogP contribution in [0.15, 0.2) is 89.7 Å². The topological polar surface area (TPSA) is 39.2 Å². The molecule has 0 saturated heterocycles. The van der Waals surface area contributed by atoms with Crippen LogP contribution < -0.4 is 4.57 Å². The first kappa shape index (κ1) is 24.1. The van der Waals surface area contributed by atoms with Crippen LogP contribution in [0.4, 0.5) is 5.69 Å². The molecule has 0 aliphatic heterocycles. The maximum absolute atomic E-state index is 8.15. The average molecular weight is 522 g/mol. The highest BCUT2D eigenvalue weighted by Gasteiger charge is 2.29. The first-order chi connectivity index (χ1) is 19.3. The van der Waals surface area contributed by atoms with E-state index in [1.165, 1.54) is 5.56 Å². The molecule has 0 spiro atoms. The van der Waals surface area contributed by atoms with E-state index in [9.17, 15) is 0 Å². The number of hydrogen-bond donors (Lipinski definition) is 0. The zero-order valence-electron chi connectivity index (χ0n) is 23.3. The van der Waals surface area contributed by atoms with E-state index in [0.29, 0.717) is 5.69 Å². The quantitative estimate of drug-likeness (QED) is 0.169. The van der Waals surface area contributed by atoms with Gasteiger partial charge in [0.25, 0.3) is 6.33 Å². The van der Waals surface area contributed by atoms with Gasteiger partial charge in [0.1, 0.15) is 23.1 Å². The maximum atomic E-state index is 8.15. The fourth-order valence-electron chi connectivity index (χ4n) is 6.19. The maximum Gasteiger partial charge on any atom is 0.286 e. The number of aryl methyl sites for hydroxylation is 2. The summed E-state index contributed by atoms with van der Waals surface area (Å²) in [5.41, 5.74) is 9.32. The Morgan fingerprint density at radius 2 is 1.55 bits per heavy atom. The smallest absolute Gasteiger partial charge is 0.286 e. The van der Waals surface area contributed by atoms with Crippen molar-refractivity contribution in [2.24, 2.45) is 7.05 Å². The van der Waals surface area contributed by atoms with E-state index >= 15 is 0 Å². The Kier molecular flexibility index (Phi) is 5.14. The Morgan fingerprint density at radius 1 is 0.875 bits per heavy atom. The fourth-order valence-corrected chi connectivity index (χ4v) is 6.19. The molecular weight excluding hydrogens is 492 g/mol. The Bertz CT molecular complexity index is 2130. The molecule has 0 bridgehead atoms.